The summed E-state index contributed by atoms with van der Waals surface area (Å²) in [5, 5.41) is 6.87. The van der Waals surface area contributed by atoms with Gasteiger partial charge in [-0.15, -0.1) is 0 Å². The first kappa shape index (κ1) is 14.6. The summed E-state index contributed by atoms with van der Waals surface area (Å²) in [5.41, 5.74) is -0.196. The first-order valence-corrected chi connectivity index (χ1v) is 5.48. The van der Waals surface area contributed by atoms with E-state index in [0.717, 1.165) is 19.6 Å². The van der Waals surface area contributed by atoms with Gasteiger partial charge in [0.15, 0.2) is 5.11 Å². The molecule has 0 radical (unpaired) electrons. The van der Waals surface area contributed by atoms with Crippen LogP contribution in [0, 0.1) is 0 Å². The van der Waals surface area contributed by atoms with Crippen molar-refractivity contribution in [2.45, 2.75) is 25.9 Å². The third kappa shape index (κ3) is 8.59. The molecule has 0 aromatic heterocycles. The molecule has 0 spiro atoms. The Balaban J connectivity index is 3.49. The third-order valence-electron chi connectivity index (χ3n) is 2.04. The van der Waals surface area contributed by atoms with E-state index in [1.54, 1.807) is 14.2 Å². The molecule has 0 saturated carbocycles. The van der Waals surface area contributed by atoms with Crippen molar-refractivity contribution in [1.29, 1.82) is 0 Å². The molecule has 0 aromatic carbocycles. The maximum absolute atomic E-state index is 5.26. The SMILES string of the molecule is COCCCNC(=S)NCC(C)(C)OC. The van der Waals surface area contributed by atoms with Crippen LogP contribution >= 0.6 is 12.2 Å². The van der Waals surface area contributed by atoms with Gasteiger partial charge < -0.3 is 20.1 Å². The van der Waals surface area contributed by atoms with Gasteiger partial charge in [-0.05, 0) is 32.5 Å². The Hall–Kier alpha value is -0.390. The van der Waals surface area contributed by atoms with Gasteiger partial charge in [0.05, 0.1) is 5.60 Å². The van der Waals surface area contributed by atoms with Crippen molar-refractivity contribution in [1.82, 2.24) is 10.6 Å². The molecule has 0 atom stereocenters. The summed E-state index contributed by atoms with van der Waals surface area (Å²) >= 11 is 5.10. The Kier molecular flexibility index (Phi) is 7.64. The first-order chi connectivity index (χ1) is 7.02. The van der Waals surface area contributed by atoms with Crippen molar-refractivity contribution in [2.24, 2.45) is 0 Å². The molecular formula is C10H22N2O2S. The lowest BCUT2D eigenvalue weighted by Gasteiger charge is -2.24. The predicted octanol–water partition coefficient (Wildman–Crippen LogP) is 0.912. The van der Waals surface area contributed by atoms with Gasteiger partial charge in [0, 0.05) is 33.9 Å². The topological polar surface area (TPSA) is 42.5 Å². The maximum Gasteiger partial charge on any atom is 0.166 e. The zero-order chi connectivity index (χ0) is 11.7. The Morgan fingerprint density at radius 2 is 1.93 bits per heavy atom. The van der Waals surface area contributed by atoms with Crippen molar-refractivity contribution < 1.29 is 9.47 Å². The zero-order valence-corrected chi connectivity index (χ0v) is 10.9. The van der Waals surface area contributed by atoms with Gasteiger partial charge >= 0.3 is 0 Å². The lowest BCUT2D eigenvalue weighted by atomic mass is 10.1. The molecule has 90 valence electrons. The van der Waals surface area contributed by atoms with E-state index in [1.165, 1.54) is 0 Å². The van der Waals surface area contributed by atoms with Gasteiger partial charge in [-0.1, -0.05) is 0 Å². The molecule has 0 fully saturated rings. The summed E-state index contributed by atoms with van der Waals surface area (Å²) in [6, 6.07) is 0. The van der Waals surface area contributed by atoms with Crippen LogP contribution in [0.1, 0.15) is 20.3 Å². The van der Waals surface area contributed by atoms with Crippen LogP contribution in [0.5, 0.6) is 0 Å². The lowest BCUT2D eigenvalue weighted by molar-refractivity contribution is 0.0269. The minimum atomic E-state index is -0.196. The molecule has 0 bridgehead atoms. The molecule has 15 heavy (non-hydrogen) atoms. The minimum Gasteiger partial charge on any atom is -0.385 e. The van der Waals surface area contributed by atoms with Gasteiger partial charge in [-0.2, -0.15) is 0 Å². The highest BCUT2D eigenvalue weighted by atomic mass is 32.1. The number of hydrogen-bond donors (Lipinski definition) is 2. The summed E-state index contributed by atoms with van der Waals surface area (Å²) < 4.78 is 10.2. The molecule has 0 heterocycles. The molecule has 2 N–H and O–H groups in total. The van der Waals surface area contributed by atoms with E-state index in [-0.39, 0.29) is 5.60 Å². The molecule has 5 heteroatoms. The van der Waals surface area contributed by atoms with E-state index in [0.29, 0.717) is 11.7 Å². The minimum absolute atomic E-state index is 0.196. The van der Waals surface area contributed by atoms with Crippen molar-refractivity contribution >= 4 is 17.3 Å². The molecule has 0 amide bonds. The van der Waals surface area contributed by atoms with E-state index in [2.05, 4.69) is 10.6 Å². The van der Waals surface area contributed by atoms with Crippen LogP contribution in [0.25, 0.3) is 0 Å². The fourth-order valence-electron chi connectivity index (χ4n) is 0.846. The van der Waals surface area contributed by atoms with Crippen molar-refractivity contribution in [3.05, 3.63) is 0 Å². The lowest BCUT2D eigenvalue weighted by Crippen LogP contribution is -2.44. The Morgan fingerprint density at radius 1 is 1.27 bits per heavy atom. The fraction of sp³-hybridized carbons (Fsp3) is 0.900. The number of thiocarbonyl (C=S) groups is 1. The van der Waals surface area contributed by atoms with Gasteiger partial charge in [-0.25, -0.2) is 0 Å². The Labute approximate surface area is 97.7 Å². The highest BCUT2D eigenvalue weighted by Gasteiger charge is 2.15. The standard InChI is InChI=1S/C10H22N2O2S/c1-10(2,14-4)8-12-9(15)11-6-5-7-13-3/h5-8H2,1-4H3,(H2,11,12,15). The first-order valence-electron chi connectivity index (χ1n) is 5.07. The molecule has 4 nitrogen and oxygen atoms in total. The summed E-state index contributed by atoms with van der Waals surface area (Å²) in [6.07, 6.45) is 0.950. The largest absolute Gasteiger partial charge is 0.385 e. The van der Waals surface area contributed by atoms with Crippen LogP contribution in [0.4, 0.5) is 0 Å². The van der Waals surface area contributed by atoms with Gasteiger partial charge in [0.25, 0.3) is 0 Å². The van der Waals surface area contributed by atoms with E-state index in [9.17, 15) is 0 Å². The highest BCUT2D eigenvalue weighted by Crippen LogP contribution is 2.04. The van der Waals surface area contributed by atoms with Crippen LogP contribution in [0.15, 0.2) is 0 Å². The molecule has 0 aliphatic rings. The van der Waals surface area contributed by atoms with Gasteiger partial charge in [-0.3, -0.25) is 0 Å². The highest BCUT2D eigenvalue weighted by molar-refractivity contribution is 7.80. The van der Waals surface area contributed by atoms with Gasteiger partial charge in [0.2, 0.25) is 0 Å². The molecular weight excluding hydrogens is 212 g/mol. The number of hydrogen-bond acceptors (Lipinski definition) is 3. The maximum atomic E-state index is 5.26. The quantitative estimate of drug-likeness (QED) is 0.506. The Bertz CT molecular complexity index is 186. The van der Waals surface area contributed by atoms with Crippen LogP contribution in [0.3, 0.4) is 0 Å². The predicted molar refractivity (Wildman–Crippen MR) is 66.2 cm³/mol. The average Bonchev–Trinajstić information content (AvgIpc) is 2.22. The summed E-state index contributed by atoms with van der Waals surface area (Å²) in [4.78, 5) is 0. The van der Waals surface area contributed by atoms with Crippen LogP contribution in [-0.2, 0) is 9.47 Å². The van der Waals surface area contributed by atoms with Crippen molar-refractivity contribution in [2.75, 3.05) is 33.9 Å². The number of nitrogens with one attached hydrogen (secondary N) is 2. The third-order valence-corrected chi connectivity index (χ3v) is 2.33. The van der Waals surface area contributed by atoms with Crippen LogP contribution < -0.4 is 10.6 Å². The number of rotatable bonds is 7. The monoisotopic (exact) mass is 234 g/mol. The second kappa shape index (κ2) is 7.84. The fourth-order valence-corrected chi connectivity index (χ4v) is 1.02. The second-order valence-electron chi connectivity index (χ2n) is 3.92. The molecule has 0 saturated heterocycles. The smallest absolute Gasteiger partial charge is 0.166 e. The average molecular weight is 234 g/mol. The zero-order valence-electron chi connectivity index (χ0n) is 10.1. The molecule has 0 rings (SSSR count). The summed E-state index contributed by atoms with van der Waals surface area (Å²) in [5.74, 6) is 0. The summed E-state index contributed by atoms with van der Waals surface area (Å²) in [7, 11) is 3.38. The molecule has 0 aromatic rings. The molecule has 0 unspecified atom stereocenters. The normalized spacial score (nSPS) is 11.2. The van der Waals surface area contributed by atoms with E-state index >= 15 is 0 Å². The number of ether oxygens (including phenoxy) is 2. The van der Waals surface area contributed by atoms with E-state index in [4.69, 9.17) is 21.7 Å². The molecule has 0 aliphatic heterocycles. The van der Waals surface area contributed by atoms with Crippen LogP contribution in [-0.4, -0.2) is 44.6 Å². The van der Waals surface area contributed by atoms with Crippen molar-refractivity contribution in [3.8, 4) is 0 Å². The van der Waals surface area contributed by atoms with E-state index < -0.39 is 0 Å². The molecule has 0 aliphatic carbocycles. The Morgan fingerprint density at radius 3 is 2.47 bits per heavy atom. The van der Waals surface area contributed by atoms with E-state index in [1.807, 2.05) is 13.8 Å². The summed E-state index contributed by atoms with van der Waals surface area (Å²) in [6.45, 7) is 6.28. The van der Waals surface area contributed by atoms with Gasteiger partial charge in [0.1, 0.15) is 0 Å². The van der Waals surface area contributed by atoms with Crippen LogP contribution in [0.2, 0.25) is 0 Å². The number of methoxy groups -OCH3 is 2. The van der Waals surface area contributed by atoms with Crippen molar-refractivity contribution in [3.63, 3.8) is 0 Å². The second-order valence-corrected chi connectivity index (χ2v) is 4.33.